The predicted molar refractivity (Wildman–Crippen MR) is 104 cm³/mol. The Bertz CT molecular complexity index is 1120. The van der Waals surface area contributed by atoms with Crippen molar-refractivity contribution in [2.24, 2.45) is 0 Å². The Morgan fingerprint density at radius 2 is 1.81 bits per heavy atom. The van der Waals surface area contributed by atoms with Gasteiger partial charge in [0.25, 0.3) is 5.56 Å². The summed E-state index contributed by atoms with van der Waals surface area (Å²) in [5, 5.41) is 0.647. The number of carbonyl (C=O) groups is 1. The van der Waals surface area contributed by atoms with Crippen LogP contribution in [0.2, 0.25) is 5.02 Å². The summed E-state index contributed by atoms with van der Waals surface area (Å²) >= 11 is 6.03. The van der Waals surface area contributed by atoms with E-state index in [1.165, 1.54) is 10.6 Å². The van der Waals surface area contributed by atoms with Crippen LogP contribution in [0.4, 0.5) is 5.69 Å². The van der Waals surface area contributed by atoms with E-state index in [1.807, 2.05) is 0 Å². The first kappa shape index (κ1) is 18.7. The Morgan fingerprint density at radius 3 is 2.48 bits per heavy atom. The molecule has 0 bridgehead atoms. The van der Waals surface area contributed by atoms with E-state index >= 15 is 0 Å². The first-order chi connectivity index (χ1) is 12.9. The molecule has 0 aliphatic heterocycles. The van der Waals surface area contributed by atoms with Crippen molar-refractivity contribution in [2.75, 3.05) is 12.3 Å². The van der Waals surface area contributed by atoms with Crippen LogP contribution in [0.5, 0.6) is 0 Å². The third kappa shape index (κ3) is 3.88. The summed E-state index contributed by atoms with van der Waals surface area (Å²) in [6, 6.07) is 11.5. The first-order valence-corrected chi connectivity index (χ1v) is 8.71. The smallest absolute Gasteiger partial charge is 0.332 e. The Kier molecular flexibility index (Phi) is 5.32. The summed E-state index contributed by atoms with van der Waals surface area (Å²) < 4.78 is 7.24. The highest BCUT2D eigenvalue weighted by molar-refractivity contribution is 6.31. The molecule has 0 atom stereocenters. The average Bonchev–Trinajstić information content (AvgIpc) is 2.64. The largest absolute Gasteiger partial charge is 0.465 e. The quantitative estimate of drug-likeness (QED) is 0.533. The van der Waals surface area contributed by atoms with Gasteiger partial charge in [-0.25, -0.2) is 4.79 Å². The van der Waals surface area contributed by atoms with E-state index in [0.717, 1.165) is 10.1 Å². The maximum absolute atomic E-state index is 13.0. The summed E-state index contributed by atoms with van der Waals surface area (Å²) in [6.45, 7) is 1.61. The molecule has 7 nitrogen and oxygen atoms in total. The number of rotatable bonds is 5. The van der Waals surface area contributed by atoms with Gasteiger partial charge in [0.1, 0.15) is 6.54 Å². The lowest BCUT2D eigenvalue weighted by Crippen LogP contribution is -2.41. The van der Waals surface area contributed by atoms with Crippen LogP contribution in [0.15, 0.2) is 52.1 Å². The fourth-order valence-electron chi connectivity index (χ4n) is 2.82. The maximum atomic E-state index is 13.0. The Labute approximate surface area is 159 Å². The van der Waals surface area contributed by atoms with Gasteiger partial charge >= 0.3 is 11.7 Å². The number of hydrogen-bond acceptors (Lipinski definition) is 5. The molecule has 0 aliphatic carbocycles. The van der Waals surface area contributed by atoms with Gasteiger partial charge in [-0.05, 0) is 42.8 Å². The minimum Gasteiger partial charge on any atom is -0.465 e. The number of nitrogens with zero attached hydrogens (tertiary/aromatic N) is 2. The summed E-state index contributed by atoms with van der Waals surface area (Å²) in [5.74, 6) is -0.571. The van der Waals surface area contributed by atoms with Gasteiger partial charge in [0.15, 0.2) is 0 Å². The van der Waals surface area contributed by atoms with Crippen LogP contribution < -0.4 is 17.0 Å². The number of hydrogen-bond donors (Lipinski definition) is 1. The van der Waals surface area contributed by atoms with Gasteiger partial charge in [-0.15, -0.1) is 0 Å². The zero-order valence-corrected chi connectivity index (χ0v) is 15.4. The monoisotopic (exact) mass is 387 g/mol. The highest BCUT2D eigenvalue weighted by atomic mass is 35.5. The van der Waals surface area contributed by atoms with Crippen LogP contribution in [0.1, 0.15) is 12.5 Å². The lowest BCUT2D eigenvalue weighted by atomic mass is 10.2. The van der Waals surface area contributed by atoms with Crippen molar-refractivity contribution in [3.05, 3.63) is 73.9 Å². The predicted octanol–water partition coefficient (Wildman–Crippen LogP) is 2.01. The second kappa shape index (κ2) is 7.67. The number of benzene rings is 2. The van der Waals surface area contributed by atoms with Crippen molar-refractivity contribution in [1.82, 2.24) is 9.13 Å². The Morgan fingerprint density at radius 1 is 1.11 bits per heavy atom. The number of nitrogens with two attached hydrogens (primary N) is 1. The lowest BCUT2D eigenvalue weighted by molar-refractivity contribution is -0.143. The van der Waals surface area contributed by atoms with E-state index in [-0.39, 0.29) is 19.7 Å². The van der Waals surface area contributed by atoms with Crippen molar-refractivity contribution in [2.45, 2.75) is 20.0 Å². The number of nitrogen functional groups attached to an aromatic ring is 1. The zero-order valence-electron chi connectivity index (χ0n) is 14.6. The molecule has 0 radical (unpaired) electrons. The molecule has 1 heterocycles. The van der Waals surface area contributed by atoms with Crippen LogP contribution in [-0.4, -0.2) is 21.7 Å². The average molecular weight is 388 g/mol. The third-order valence-electron chi connectivity index (χ3n) is 4.10. The van der Waals surface area contributed by atoms with Crippen molar-refractivity contribution in [3.8, 4) is 0 Å². The molecule has 0 aliphatic rings. The number of halogens is 1. The highest BCUT2D eigenvalue weighted by Crippen LogP contribution is 2.16. The molecule has 2 N–H and O–H groups in total. The zero-order chi connectivity index (χ0) is 19.6. The van der Waals surface area contributed by atoms with Gasteiger partial charge in [0.2, 0.25) is 0 Å². The fraction of sp³-hybridized carbons (Fsp3) is 0.211. The molecular formula is C19H18ClN3O4. The second-order valence-electron chi connectivity index (χ2n) is 5.97. The molecule has 140 valence electrons. The summed E-state index contributed by atoms with van der Waals surface area (Å²) in [4.78, 5) is 37.8. The molecule has 0 amide bonds. The standard InChI is InChI=1S/C19H18ClN3O4/c1-2-27-17(24)11-22-16-9-13(20)5-8-15(16)18(25)23(19(22)26)10-12-3-6-14(21)7-4-12/h3-9H,2,10-11,21H2,1H3. The minimum absolute atomic E-state index is 0.0549. The van der Waals surface area contributed by atoms with Crippen LogP contribution in [-0.2, 0) is 22.6 Å². The van der Waals surface area contributed by atoms with Crippen molar-refractivity contribution < 1.29 is 9.53 Å². The summed E-state index contributed by atoms with van der Waals surface area (Å²) in [5.41, 5.74) is 6.22. The molecule has 8 heteroatoms. The maximum Gasteiger partial charge on any atom is 0.332 e. The Balaban J connectivity index is 2.20. The van der Waals surface area contributed by atoms with E-state index in [9.17, 15) is 14.4 Å². The van der Waals surface area contributed by atoms with Gasteiger partial charge in [0, 0.05) is 10.7 Å². The number of aromatic nitrogens is 2. The molecule has 0 saturated heterocycles. The number of ether oxygens (including phenoxy) is 1. The van der Waals surface area contributed by atoms with Crippen LogP contribution in [0.25, 0.3) is 10.9 Å². The molecule has 0 unspecified atom stereocenters. The van der Waals surface area contributed by atoms with Crippen molar-refractivity contribution >= 4 is 34.2 Å². The van der Waals surface area contributed by atoms with E-state index < -0.39 is 17.2 Å². The molecular weight excluding hydrogens is 370 g/mol. The normalized spacial score (nSPS) is 10.9. The van der Waals surface area contributed by atoms with Gasteiger partial charge in [-0.3, -0.25) is 18.7 Å². The summed E-state index contributed by atoms with van der Waals surface area (Å²) in [7, 11) is 0. The highest BCUT2D eigenvalue weighted by Gasteiger charge is 2.16. The molecule has 0 spiro atoms. The van der Waals surface area contributed by atoms with Crippen LogP contribution in [0, 0.1) is 0 Å². The molecule has 1 aromatic heterocycles. The number of anilines is 1. The van der Waals surface area contributed by atoms with Crippen LogP contribution in [0.3, 0.4) is 0 Å². The van der Waals surface area contributed by atoms with Crippen molar-refractivity contribution in [3.63, 3.8) is 0 Å². The fourth-order valence-corrected chi connectivity index (χ4v) is 2.99. The van der Waals surface area contributed by atoms with Gasteiger partial charge in [0.05, 0.1) is 24.1 Å². The molecule has 0 saturated carbocycles. The van der Waals surface area contributed by atoms with Gasteiger partial charge < -0.3 is 10.5 Å². The van der Waals surface area contributed by atoms with E-state index in [1.54, 1.807) is 43.3 Å². The second-order valence-corrected chi connectivity index (χ2v) is 6.40. The van der Waals surface area contributed by atoms with E-state index in [4.69, 9.17) is 22.1 Å². The molecule has 27 heavy (non-hydrogen) atoms. The van der Waals surface area contributed by atoms with E-state index in [0.29, 0.717) is 21.6 Å². The number of carbonyl (C=O) groups excluding carboxylic acids is 1. The third-order valence-corrected chi connectivity index (χ3v) is 4.34. The van der Waals surface area contributed by atoms with Gasteiger partial charge in [-0.1, -0.05) is 23.7 Å². The topological polar surface area (TPSA) is 96.3 Å². The molecule has 3 aromatic rings. The lowest BCUT2D eigenvalue weighted by Gasteiger charge is -2.14. The first-order valence-electron chi connectivity index (χ1n) is 8.33. The molecule has 0 fully saturated rings. The van der Waals surface area contributed by atoms with Crippen LogP contribution >= 0.6 is 11.6 Å². The minimum atomic E-state index is -0.611. The summed E-state index contributed by atoms with van der Waals surface area (Å²) in [6.07, 6.45) is 0. The Hall–Kier alpha value is -3.06. The van der Waals surface area contributed by atoms with Gasteiger partial charge in [-0.2, -0.15) is 0 Å². The number of fused-ring (bicyclic) bond motifs is 1. The molecule has 3 rings (SSSR count). The number of esters is 1. The van der Waals surface area contributed by atoms with E-state index in [2.05, 4.69) is 0 Å². The van der Waals surface area contributed by atoms with Crippen molar-refractivity contribution in [1.29, 1.82) is 0 Å². The SMILES string of the molecule is CCOC(=O)Cn1c(=O)n(Cc2ccc(N)cc2)c(=O)c2ccc(Cl)cc21. The molecule has 2 aromatic carbocycles.